The average Bonchev–Trinajstić information content (AvgIpc) is 2.94. The molecule has 0 aliphatic carbocycles. The number of halogens is 1. The molecule has 0 spiro atoms. The normalized spacial score (nSPS) is 10.8. The molecule has 0 N–H and O–H groups in total. The second kappa shape index (κ2) is 4.47. The van der Waals surface area contributed by atoms with E-state index < -0.39 is 5.82 Å². The quantitative estimate of drug-likeness (QED) is 0.688. The Morgan fingerprint density at radius 2 is 2.32 bits per heavy atom. The number of benzene rings is 1. The van der Waals surface area contributed by atoms with Gasteiger partial charge in [0.25, 0.3) is 0 Å². The number of fused-ring (bicyclic) bond motifs is 1. The SMILES string of the molecule is Cc1ccc(F)c(Oc2nc3sccn3c2C=O)c1. The first-order chi connectivity index (χ1) is 9.19. The van der Waals surface area contributed by atoms with E-state index in [-0.39, 0.29) is 17.3 Å². The Bertz CT molecular complexity index is 763. The van der Waals surface area contributed by atoms with Crippen LogP contribution in [0.1, 0.15) is 16.1 Å². The summed E-state index contributed by atoms with van der Waals surface area (Å²) in [7, 11) is 0. The lowest BCUT2D eigenvalue weighted by Gasteiger charge is -2.05. The summed E-state index contributed by atoms with van der Waals surface area (Å²) >= 11 is 1.37. The fraction of sp³-hybridized carbons (Fsp3) is 0.0769. The van der Waals surface area contributed by atoms with E-state index >= 15 is 0 Å². The van der Waals surface area contributed by atoms with Gasteiger partial charge in [-0.25, -0.2) is 4.39 Å². The Labute approximate surface area is 112 Å². The highest BCUT2D eigenvalue weighted by molar-refractivity contribution is 7.15. The third kappa shape index (κ3) is 2.00. The monoisotopic (exact) mass is 276 g/mol. The predicted molar refractivity (Wildman–Crippen MR) is 69.7 cm³/mol. The van der Waals surface area contributed by atoms with Crippen molar-refractivity contribution in [2.24, 2.45) is 0 Å². The van der Waals surface area contributed by atoms with Crippen molar-refractivity contribution in [1.82, 2.24) is 9.38 Å². The average molecular weight is 276 g/mol. The van der Waals surface area contributed by atoms with Crippen LogP contribution in [-0.2, 0) is 0 Å². The molecule has 1 aromatic carbocycles. The number of rotatable bonds is 3. The van der Waals surface area contributed by atoms with E-state index in [1.165, 1.54) is 17.4 Å². The molecule has 0 amide bonds. The predicted octanol–water partition coefficient (Wildman–Crippen LogP) is 3.45. The van der Waals surface area contributed by atoms with E-state index in [1.54, 1.807) is 22.7 Å². The first kappa shape index (κ1) is 11.9. The summed E-state index contributed by atoms with van der Waals surface area (Å²) < 4.78 is 20.7. The molecular weight excluding hydrogens is 267 g/mol. The molecular formula is C13H9FN2O2S. The smallest absolute Gasteiger partial charge is 0.250 e. The number of carbonyl (C=O) groups excluding carboxylic acids is 1. The maximum atomic E-state index is 13.6. The van der Waals surface area contributed by atoms with Crippen molar-refractivity contribution in [3.8, 4) is 11.6 Å². The second-order valence-electron chi connectivity index (χ2n) is 4.01. The van der Waals surface area contributed by atoms with Crippen molar-refractivity contribution in [1.29, 1.82) is 0 Å². The van der Waals surface area contributed by atoms with Gasteiger partial charge in [0.2, 0.25) is 5.88 Å². The van der Waals surface area contributed by atoms with Gasteiger partial charge in [-0.1, -0.05) is 6.07 Å². The number of aromatic nitrogens is 2. The Balaban J connectivity index is 2.07. The maximum Gasteiger partial charge on any atom is 0.250 e. The molecule has 2 heterocycles. The lowest BCUT2D eigenvalue weighted by atomic mass is 10.2. The van der Waals surface area contributed by atoms with E-state index in [0.717, 1.165) is 5.56 Å². The summed E-state index contributed by atoms with van der Waals surface area (Å²) in [6, 6.07) is 4.54. The van der Waals surface area contributed by atoms with Gasteiger partial charge in [-0.2, -0.15) is 4.98 Å². The van der Waals surface area contributed by atoms with Gasteiger partial charge in [0.1, 0.15) is 0 Å². The highest BCUT2D eigenvalue weighted by atomic mass is 32.1. The molecule has 0 fully saturated rings. The number of thiazole rings is 1. The molecule has 2 aromatic heterocycles. The second-order valence-corrected chi connectivity index (χ2v) is 4.88. The van der Waals surface area contributed by atoms with Crippen LogP contribution in [0, 0.1) is 12.7 Å². The van der Waals surface area contributed by atoms with Crippen molar-refractivity contribution in [2.75, 3.05) is 0 Å². The van der Waals surface area contributed by atoms with Crippen LogP contribution in [0.4, 0.5) is 4.39 Å². The van der Waals surface area contributed by atoms with Crippen molar-refractivity contribution >= 4 is 22.6 Å². The zero-order valence-electron chi connectivity index (χ0n) is 9.96. The number of hydrogen-bond donors (Lipinski definition) is 0. The Kier molecular flexibility index (Phi) is 2.79. The number of aldehydes is 1. The molecule has 0 aliphatic rings. The molecule has 4 nitrogen and oxygen atoms in total. The fourth-order valence-electron chi connectivity index (χ4n) is 1.76. The standard InChI is InChI=1S/C13H9FN2O2S/c1-8-2-3-9(14)11(6-8)18-12-10(7-17)16-4-5-19-13(16)15-12/h2-7H,1H3. The molecule has 0 unspecified atom stereocenters. The van der Waals surface area contributed by atoms with Gasteiger partial charge in [-0.3, -0.25) is 9.20 Å². The number of ether oxygens (including phenoxy) is 1. The largest absolute Gasteiger partial charge is 0.434 e. The highest BCUT2D eigenvalue weighted by Gasteiger charge is 2.16. The molecule has 0 saturated heterocycles. The minimum Gasteiger partial charge on any atom is -0.434 e. The number of nitrogens with zero attached hydrogens (tertiary/aromatic N) is 2. The zero-order valence-corrected chi connectivity index (χ0v) is 10.8. The van der Waals surface area contributed by atoms with Crippen LogP contribution in [0.2, 0.25) is 0 Å². The Hall–Kier alpha value is -2.21. The minimum absolute atomic E-state index is 0.0638. The summed E-state index contributed by atoms with van der Waals surface area (Å²) in [5.41, 5.74) is 1.14. The topological polar surface area (TPSA) is 43.6 Å². The van der Waals surface area contributed by atoms with E-state index in [9.17, 15) is 9.18 Å². The first-order valence-electron chi connectivity index (χ1n) is 5.54. The third-order valence-electron chi connectivity index (χ3n) is 2.67. The number of aryl methyl sites for hydroxylation is 1. The summed E-state index contributed by atoms with van der Waals surface area (Å²) in [6.07, 6.45) is 2.37. The fourth-order valence-corrected chi connectivity index (χ4v) is 2.47. The third-order valence-corrected chi connectivity index (χ3v) is 3.43. The number of carbonyl (C=O) groups is 1. The van der Waals surface area contributed by atoms with Crippen LogP contribution in [0.5, 0.6) is 11.6 Å². The zero-order chi connectivity index (χ0) is 13.4. The molecule has 96 valence electrons. The molecule has 0 radical (unpaired) electrons. The Morgan fingerprint density at radius 3 is 3.11 bits per heavy atom. The van der Waals surface area contributed by atoms with Crippen LogP contribution in [0.25, 0.3) is 4.96 Å². The highest BCUT2D eigenvalue weighted by Crippen LogP contribution is 2.29. The van der Waals surface area contributed by atoms with Crippen LogP contribution >= 0.6 is 11.3 Å². The molecule has 3 aromatic rings. The van der Waals surface area contributed by atoms with E-state index in [0.29, 0.717) is 11.2 Å². The summed E-state index contributed by atoms with van der Waals surface area (Å²) in [4.78, 5) is 15.9. The molecule has 0 atom stereocenters. The van der Waals surface area contributed by atoms with Crippen molar-refractivity contribution in [3.05, 3.63) is 46.9 Å². The summed E-state index contributed by atoms with van der Waals surface area (Å²) in [5.74, 6) is -0.306. The lowest BCUT2D eigenvalue weighted by molar-refractivity contribution is 0.111. The molecule has 0 saturated carbocycles. The van der Waals surface area contributed by atoms with Gasteiger partial charge in [0.15, 0.2) is 28.5 Å². The van der Waals surface area contributed by atoms with Crippen molar-refractivity contribution in [3.63, 3.8) is 0 Å². The molecule has 0 aliphatic heterocycles. The number of imidazole rings is 1. The van der Waals surface area contributed by atoms with Gasteiger partial charge < -0.3 is 4.74 Å². The molecule has 0 bridgehead atoms. The van der Waals surface area contributed by atoms with Crippen LogP contribution < -0.4 is 4.74 Å². The summed E-state index contributed by atoms with van der Waals surface area (Å²) in [6.45, 7) is 1.83. The first-order valence-corrected chi connectivity index (χ1v) is 6.42. The van der Waals surface area contributed by atoms with Gasteiger partial charge in [0, 0.05) is 11.6 Å². The maximum absolute atomic E-state index is 13.6. The van der Waals surface area contributed by atoms with Gasteiger partial charge in [-0.15, -0.1) is 11.3 Å². The van der Waals surface area contributed by atoms with Crippen molar-refractivity contribution < 1.29 is 13.9 Å². The van der Waals surface area contributed by atoms with E-state index in [1.807, 2.05) is 12.3 Å². The molecule has 6 heteroatoms. The van der Waals surface area contributed by atoms with Crippen LogP contribution in [-0.4, -0.2) is 15.7 Å². The van der Waals surface area contributed by atoms with Crippen LogP contribution in [0.3, 0.4) is 0 Å². The van der Waals surface area contributed by atoms with E-state index in [4.69, 9.17) is 4.74 Å². The van der Waals surface area contributed by atoms with Gasteiger partial charge in [0.05, 0.1) is 0 Å². The van der Waals surface area contributed by atoms with E-state index in [2.05, 4.69) is 4.98 Å². The number of hydrogen-bond acceptors (Lipinski definition) is 4. The minimum atomic E-state index is -0.487. The van der Waals surface area contributed by atoms with Gasteiger partial charge >= 0.3 is 0 Å². The van der Waals surface area contributed by atoms with Gasteiger partial charge in [-0.05, 0) is 24.6 Å². The van der Waals surface area contributed by atoms with Crippen molar-refractivity contribution in [2.45, 2.75) is 6.92 Å². The van der Waals surface area contributed by atoms with Crippen LogP contribution in [0.15, 0.2) is 29.8 Å². The summed E-state index contributed by atoms with van der Waals surface area (Å²) in [5, 5.41) is 1.81. The lowest BCUT2D eigenvalue weighted by Crippen LogP contribution is -1.94. The molecule has 3 rings (SSSR count). The Morgan fingerprint density at radius 1 is 1.47 bits per heavy atom. The molecule has 19 heavy (non-hydrogen) atoms.